The predicted molar refractivity (Wildman–Crippen MR) is 70.8 cm³/mol. The highest BCUT2D eigenvalue weighted by Crippen LogP contribution is 2.26. The molecule has 0 aliphatic rings. The summed E-state index contributed by atoms with van der Waals surface area (Å²) in [5.41, 5.74) is 1.03. The van der Waals surface area contributed by atoms with Crippen LogP contribution in [0.15, 0.2) is 24.3 Å². The zero-order valence-corrected chi connectivity index (χ0v) is 11.2. The van der Waals surface area contributed by atoms with E-state index in [1.165, 1.54) is 4.68 Å². The van der Waals surface area contributed by atoms with E-state index in [-0.39, 0.29) is 5.69 Å². The van der Waals surface area contributed by atoms with Crippen LogP contribution < -0.4 is 4.74 Å². The number of aromatic nitrogens is 3. The van der Waals surface area contributed by atoms with Crippen LogP contribution in [0.1, 0.15) is 10.5 Å². The maximum atomic E-state index is 11.3. The third-order valence-electron chi connectivity index (χ3n) is 2.79. The Morgan fingerprint density at radius 3 is 2.85 bits per heavy atom. The van der Waals surface area contributed by atoms with Crippen LogP contribution in [-0.4, -0.2) is 46.9 Å². The standard InChI is InChI=1S/C13H15N3O4/c1-19-7-6-16-12(11(13(17)18)14-15-16)9-4-3-5-10(8-9)20-2/h3-5,8H,6-7H2,1-2H3,(H,17,18). The van der Waals surface area contributed by atoms with Gasteiger partial charge in [0.15, 0.2) is 5.69 Å². The van der Waals surface area contributed by atoms with Crippen LogP contribution in [0.4, 0.5) is 0 Å². The average molecular weight is 277 g/mol. The lowest BCUT2D eigenvalue weighted by atomic mass is 10.1. The fourth-order valence-corrected chi connectivity index (χ4v) is 1.85. The lowest BCUT2D eigenvalue weighted by Crippen LogP contribution is -2.09. The van der Waals surface area contributed by atoms with Gasteiger partial charge >= 0.3 is 5.97 Å². The molecule has 20 heavy (non-hydrogen) atoms. The van der Waals surface area contributed by atoms with Gasteiger partial charge < -0.3 is 14.6 Å². The molecule has 1 aromatic heterocycles. The van der Waals surface area contributed by atoms with Gasteiger partial charge in [-0.2, -0.15) is 0 Å². The van der Waals surface area contributed by atoms with E-state index < -0.39 is 5.97 Å². The number of nitrogens with zero attached hydrogens (tertiary/aromatic N) is 3. The first-order valence-corrected chi connectivity index (χ1v) is 5.97. The third-order valence-corrected chi connectivity index (χ3v) is 2.79. The number of benzene rings is 1. The van der Waals surface area contributed by atoms with Gasteiger partial charge in [-0.3, -0.25) is 0 Å². The highest BCUT2D eigenvalue weighted by Gasteiger charge is 2.20. The molecule has 1 heterocycles. The Labute approximate surface area is 115 Å². The van der Waals surface area contributed by atoms with E-state index in [2.05, 4.69) is 10.3 Å². The summed E-state index contributed by atoms with van der Waals surface area (Å²) in [6, 6.07) is 7.10. The highest BCUT2D eigenvalue weighted by atomic mass is 16.5. The number of aromatic carboxylic acids is 1. The summed E-state index contributed by atoms with van der Waals surface area (Å²) in [6.45, 7) is 0.836. The molecule has 0 aliphatic heterocycles. The Balaban J connectivity index is 2.50. The van der Waals surface area contributed by atoms with Crippen LogP contribution in [0, 0.1) is 0 Å². The molecule has 0 unspecified atom stereocenters. The first-order chi connectivity index (χ1) is 9.67. The van der Waals surface area contributed by atoms with E-state index in [1.807, 2.05) is 0 Å². The Morgan fingerprint density at radius 1 is 1.40 bits per heavy atom. The molecule has 0 fully saturated rings. The molecular weight excluding hydrogens is 262 g/mol. The SMILES string of the molecule is COCCn1nnc(C(=O)O)c1-c1cccc(OC)c1. The van der Waals surface area contributed by atoms with Crippen molar-refractivity contribution in [3.63, 3.8) is 0 Å². The van der Waals surface area contributed by atoms with Gasteiger partial charge in [0.1, 0.15) is 11.4 Å². The second kappa shape index (κ2) is 6.16. The van der Waals surface area contributed by atoms with E-state index in [0.29, 0.717) is 30.2 Å². The van der Waals surface area contributed by atoms with Crippen LogP contribution in [0.3, 0.4) is 0 Å². The van der Waals surface area contributed by atoms with Crippen LogP contribution in [-0.2, 0) is 11.3 Å². The second-order valence-corrected chi connectivity index (χ2v) is 4.04. The fourth-order valence-electron chi connectivity index (χ4n) is 1.85. The van der Waals surface area contributed by atoms with Gasteiger partial charge in [-0.15, -0.1) is 5.10 Å². The van der Waals surface area contributed by atoms with Gasteiger partial charge in [0.25, 0.3) is 0 Å². The summed E-state index contributed by atoms with van der Waals surface area (Å²) in [5.74, 6) is -0.482. The minimum Gasteiger partial charge on any atom is -0.497 e. The number of carbonyl (C=O) groups is 1. The Morgan fingerprint density at radius 2 is 2.20 bits per heavy atom. The summed E-state index contributed by atoms with van der Waals surface area (Å²) < 4.78 is 11.7. The van der Waals surface area contributed by atoms with Crippen LogP contribution >= 0.6 is 0 Å². The first-order valence-electron chi connectivity index (χ1n) is 5.97. The van der Waals surface area contributed by atoms with Crippen LogP contribution in [0.25, 0.3) is 11.3 Å². The van der Waals surface area contributed by atoms with Crippen molar-refractivity contribution in [1.29, 1.82) is 0 Å². The number of hydrogen-bond donors (Lipinski definition) is 1. The maximum absolute atomic E-state index is 11.3. The summed E-state index contributed by atoms with van der Waals surface area (Å²) >= 11 is 0. The monoisotopic (exact) mass is 277 g/mol. The van der Waals surface area contributed by atoms with Crippen LogP contribution in [0.2, 0.25) is 0 Å². The molecule has 0 bridgehead atoms. The molecule has 0 atom stereocenters. The largest absolute Gasteiger partial charge is 0.497 e. The smallest absolute Gasteiger partial charge is 0.358 e. The van der Waals surface area contributed by atoms with Crippen LogP contribution in [0.5, 0.6) is 5.75 Å². The molecule has 7 heteroatoms. The van der Waals surface area contributed by atoms with E-state index in [4.69, 9.17) is 9.47 Å². The lowest BCUT2D eigenvalue weighted by Gasteiger charge is -2.08. The molecule has 7 nitrogen and oxygen atoms in total. The average Bonchev–Trinajstić information content (AvgIpc) is 2.89. The zero-order valence-electron chi connectivity index (χ0n) is 11.2. The molecular formula is C13H15N3O4. The van der Waals surface area contributed by atoms with Crippen molar-refractivity contribution < 1.29 is 19.4 Å². The van der Waals surface area contributed by atoms with Gasteiger partial charge in [0.05, 0.1) is 20.3 Å². The van der Waals surface area contributed by atoms with E-state index in [0.717, 1.165) is 0 Å². The molecule has 0 amide bonds. The molecule has 0 aliphatic carbocycles. The van der Waals surface area contributed by atoms with Crippen molar-refractivity contribution in [3.05, 3.63) is 30.0 Å². The summed E-state index contributed by atoms with van der Waals surface area (Å²) in [7, 11) is 3.12. The zero-order chi connectivity index (χ0) is 14.5. The van der Waals surface area contributed by atoms with Gasteiger partial charge in [-0.05, 0) is 12.1 Å². The molecule has 1 aromatic carbocycles. The number of hydrogen-bond acceptors (Lipinski definition) is 5. The lowest BCUT2D eigenvalue weighted by molar-refractivity contribution is 0.0691. The minimum absolute atomic E-state index is 0.0886. The number of ether oxygens (including phenoxy) is 2. The topological polar surface area (TPSA) is 86.5 Å². The van der Waals surface area contributed by atoms with Gasteiger partial charge in [-0.25, -0.2) is 9.48 Å². The Bertz CT molecular complexity index is 609. The van der Waals surface area contributed by atoms with Gasteiger partial charge in [0, 0.05) is 12.7 Å². The molecule has 0 saturated heterocycles. The molecule has 0 saturated carbocycles. The molecule has 0 radical (unpaired) electrons. The van der Waals surface area contributed by atoms with Gasteiger partial charge in [0.2, 0.25) is 0 Å². The van der Waals surface area contributed by atoms with Crippen molar-refractivity contribution >= 4 is 5.97 Å². The first kappa shape index (κ1) is 14.0. The summed E-state index contributed by atoms with van der Waals surface area (Å²) in [5, 5.41) is 16.8. The number of rotatable bonds is 6. The second-order valence-electron chi connectivity index (χ2n) is 4.04. The van der Waals surface area contributed by atoms with Crippen molar-refractivity contribution in [2.75, 3.05) is 20.8 Å². The molecule has 2 rings (SSSR count). The predicted octanol–water partition coefficient (Wildman–Crippen LogP) is 1.30. The van der Waals surface area contributed by atoms with Crippen molar-refractivity contribution in [2.24, 2.45) is 0 Å². The fraction of sp³-hybridized carbons (Fsp3) is 0.308. The van der Waals surface area contributed by atoms with E-state index >= 15 is 0 Å². The molecule has 2 aromatic rings. The van der Waals surface area contributed by atoms with Crippen molar-refractivity contribution in [3.8, 4) is 17.0 Å². The molecule has 1 N–H and O–H groups in total. The minimum atomic E-state index is -1.12. The van der Waals surface area contributed by atoms with Crippen molar-refractivity contribution in [1.82, 2.24) is 15.0 Å². The van der Waals surface area contributed by atoms with Crippen molar-refractivity contribution in [2.45, 2.75) is 6.54 Å². The number of carboxylic acid groups (broad SMARTS) is 1. The molecule has 106 valence electrons. The van der Waals surface area contributed by atoms with Gasteiger partial charge in [-0.1, -0.05) is 17.3 Å². The Hall–Kier alpha value is -2.41. The third kappa shape index (κ3) is 2.77. The van der Waals surface area contributed by atoms with E-state index in [1.54, 1.807) is 38.5 Å². The maximum Gasteiger partial charge on any atom is 0.358 e. The summed E-state index contributed by atoms with van der Waals surface area (Å²) in [4.78, 5) is 11.3. The van der Waals surface area contributed by atoms with E-state index in [9.17, 15) is 9.90 Å². The quantitative estimate of drug-likeness (QED) is 0.856. The number of carboxylic acids is 1. The summed E-state index contributed by atoms with van der Waals surface area (Å²) in [6.07, 6.45) is 0. The molecule has 0 spiro atoms. The normalized spacial score (nSPS) is 10.5. The Kier molecular flexibility index (Phi) is 4.31. The number of methoxy groups -OCH3 is 2. The highest BCUT2D eigenvalue weighted by molar-refractivity contribution is 5.92.